The van der Waals surface area contributed by atoms with E-state index in [1.54, 1.807) is 13.0 Å². The van der Waals surface area contributed by atoms with E-state index in [0.29, 0.717) is 15.0 Å². The predicted octanol–water partition coefficient (Wildman–Crippen LogP) is 4.50. The topological polar surface area (TPSA) is 26.3 Å². The normalized spacial score (nSPS) is 12.2. The smallest absolute Gasteiger partial charge is 0.416 e. The molecule has 2 rings (SSSR count). The lowest BCUT2D eigenvalue weighted by atomic mass is 10.1. The molecule has 0 amide bonds. The van der Waals surface area contributed by atoms with E-state index in [1.165, 1.54) is 29.6 Å². The van der Waals surface area contributed by atoms with Crippen LogP contribution >= 0.6 is 11.3 Å². The Labute approximate surface area is 117 Å². The Morgan fingerprint density at radius 1 is 1.35 bits per heavy atom. The van der Waals surface area contributed by atoms with Crippen molar-refractivity contribution >= 4 is 33.5 Å². The molecular weight excluding hydrogens is 289 g/mol. The van der Waals surface area contributed by atoms with Gasteiger partial charge in [-0.15, -0.1) is 11.3 Å². The van der Waals surface area contributed by atoms with Crippen molar-refractivity contribution in [3.8, 4) is 0 Å². The molecule has 0 bridgehead atoms. The first-order chi connectivity index (χ1) is 9.40. The second kappa shape index (κ2) is 5.66. The minimum atomic E-state index is -4.35. The van der Waals surface area contributed by atoms with E-state index < -0.39 is 17.7 Å². The number of hydrogen-bond donors (Lipinski definition) is 0. The number of rotatable bonds is 3. The molecule has 106 valence electrons. The van der Waals surface area contributed by atoms with Crippen molar-refractivity contribution in [2.24, 2.45) is 0 Å². The van der Waals surface area contributed by atoms with Gasteiger partial charge in [0.15, 0.2) is 0 Å². The van der Waals surface area contributed by atoms with Crippen LogP contribution < -0.4 is 0 Å². The first-order valence-electron chi connectivity index (χ1n) is 5.86. The number of carbonyl (C=O) groups is 1. The summed E-state index contributed by atoms with van der Waals surface area (Å²) < 4.78 is 43.0. The Morgan fingerprint density at radius 3 is 2.75 bits per heavy atom. The molecule has 0 atom stereocenters. The maximum absolute atomic E-state index is 12.6. The second-order valence-electron chi connectivity index (χ2n) is 3.98. The Kier molecular flexibility index (Phi) is 4.13. The zero-order valence-electron chi connectivity index (χ0n) is 10.5. The molecule has 20 heavy (non-hydrogen) atoms. The number of esters is 1. The summed E-state index contributed by atoms with van der Waals surface area (Å²) in [5, 5.41) is 0.714. The average Bonchev–Trinajstić information content (AvgIpc) is 2.77. The third-order valence-electron chi connectivity index (χ3n) is 2.54. The van der Waals surface area contributed by atoms with Gasteiger partial charge in [0.1, 0.15) is 0 Å². The molecule has 0 spiro atoms. The van der Waals surface area contributed by atoms with Crippen molar-refractivity contribution in [2.75, 3.05) is 6.61 Å². The number of ether oxygens (including phenoxy) is 1. The van der Waals surface area contributed by atoms with Crippen molar-refractivity contribution < 1.29 is 22.7 Å². The Morgan fingerprint density at radius 2 is 2.10 bits per heavy atom. The molecular formula is C14H11F3O2S. The number of benzene rings is 1. The van der Waals surface area contributed by atoms with Gasteiger partial charge in [-0.1, -0.05) is 6.07 Å². The van der Waals surface area contributed by atoms with Gasteiger partial charge in [0.2, 0.25) is 0 Å². The van der Waals surface area contributed by atoms with Crippen LogP contribution in [0.2, 0.25) is 0 Å². The molecule has 6 heteroatoms. The van der Waals surface area contributed by atoms with Crippen LogP contribution in [-0.2, 0) is 15.7 Å². The lowest BCUT2D eigenvalue weighted by Gasteiger charge is -2.05. The summed E-state index contributed by atoms with van der Waals surface area (Å²) in [6.45, 7) is 1.98. The van der Waals surface area contributed by atoms with Crippen LogP contribution in [0.25, 0.3) is 16.2 Å². The van der Waals surface area contributed by atoms with Crippen molar-refractivity contribution in [3.63, 3.8) is 0 Å². The van der Waals surface area contributed by atoms with Crippen molar-refractivity contribution in [1.29, 1.82) is 0 Å². The van der Waals surface area contributed by atoms with Crippen LogP contribution in [0.15, 0.2) is 30.3 Å². The first-order valence-corrected chi connectivity index (χ1v) is 6.67. The summed E-state index contributed by atoms with van der Waals surface area (Å²) >= 11 is 1.19. The van der Waals surface area contributed by atoms with E-state index in [9.17, 15) is 18.0 Å². The van der Waals surface area contributed by atoms with Gasteiger partial charge < -0.3 is 4.74 Å². The maximum Gasteiger partial charge on any atom is 0.416 e. The highest BCUT2D eigenvalue weighted by Gasteiger charge is 2.30. The van der Waals surface area contributed by atoms with Crippen LogP contribution in [0.1, 0.15) is 17.4 Å². The zero-order chi connectivity index (χ0) is 14.8. The average molecular weight is 300 g/mol. The van der Waals surface area contributed by atoms with Gasteiger partial charge in [0.25, 0.3) is 0 Å². The summed E-state index contributed by atoms with van der Waals surface area (Å²) in [4.78, 5) is 11.9. The third kappa shape index (κ3) is 3.39. The lowest BCUT2D eigenvalue weighted by molar-refractivity contribution is -0.138. The van der Waals surface area contributed by atoms with E-state index in [1.807, 2.05) is 0 Å². The van der Waals surface area contributed by atoms with Gasteiger partial charge >= 0.3 is 12.1 Å². The fourth-order valence-electron chi connectivity index (χ4n) is 1.65. The highest BCUT2D eigenvalue weighted by Crippen LogP contribution is 2.34. The molecule has 0 N–H and O–H groups in total. The van der Waals surface area contributed by atoms with E-state index in [2.05, 4.69) is 0 Å². The van der Waals surface area contributed by atoms with E-state index >= 15 is 0 Å². The Bertz CT molecular complexity index is 656. The molecule has 0 aliphatic rings. The summed E-state index contributed by atoms with van der Waals surface area (Å²) in [5.41, 5.74) is -0.673. The molecule has 1 heterocycles. The molecule has 0 aliphatic heterocycles. The van der Waals surface area contributed by atoms with Crippen LogP contribution in [0.5, 0.6) is 0 Å². The van der Waals surface area contributed by atoms with Crippen molar-refractivity contribution in [1.82, 2.24) is 0 Å². The minimum Gasteiger partial charge on any atom is -0.463 e. The number of hydrogen-bond acceptors (Lipinski definition) is 3. The van der Waals surface area contributed by atoms with Crippen LogP contribution in [0.4, 0.5) is 13.2 Å². The Hall–Kier alpha value is -1.82. The predicted molar refractivity (Wildman–Crippen MR) is 72.5 cm³/mol. The number of fused-ring (bicyclic) bond motifs is 1. The van der Waals surface area contributed by atoms with Gasteiger partial charge in [0.05, 0.1) is 12.2 Å². The van der Waals surface area contributed by atoms with Crippen molar-refractivity contribution in [2.45, 2.75) is 13.1 Å². The molecule has 0 fully saturated rings. The van der Waals surface area contributed by atoms with E-state index in [-0.39, 0.29) is 6.61 Å². The van der Waals surface area contributed by atoms with Gasteiger partial charge in [-0.25, -0.2) is 4.79 Å². The van der Waals surface area contributed by atoms with Crippen molar-refractivity contribution in [3.05, 3.63) is 40.8 Å². The highest BCUT2D eigenvalue weighted by molar-refractivity contribution is 7.19. The quantitative estimate of drug-likeness (QED) is 0.616. The zero-order valence-corrected chi connectivity index (χ0v) is 11.3. The van der Waals surface area contributed by atoms with Crippen LogP contribution in [0, 0.1) is 0 Å². The first kappa shape index (κ1) is 14.6. The molecule has 0 saturated carbocycles. The minimum absolute atomic E-state index is 0.282. The molecule has 1 aromatic carbocycles. The molecule has 2 aromatic rings. The largest absolute Gasteiger partial charge is 0.463 e. The van der Waals surface area contributed by atoms with Gasteiger partial charge in [-0.05, 0) is 36.6 Å². The number of thiophene rings is 1. The molecule has 0 aliphatic carbocycles. The summed E-state index contributed by atoms with van der Waals surface area (Å²) in [5.74, 6) is -0.471. The molecule has 0 unspecified atom stereocenters. The fourth-order valence-corrected chi connectivity index (χ4v) is 2.66. The molecule has 1 aromatic heterocycles. The van der Waals surface area contributed by atoms with E-state index in [4.69, 9.17) is 4.74 Å². The SMILES string of the molecule is CCOC(=O)C=Cc1cc2ccc(C(F)(F)F)cc2s1. The molecule has 0 radical (unpaired) electrons. The second-order valence-corrected chi connectivity index (χ2v) is 5.10. The number of carbonyl (C=O) groups excluding carboxylic acids is 1. The monoisotopic (exact) mass is 300 g/mol. The summed E-state index contributed by atoms with van der Waals surface area (Å²) in [6, 6.07) is 5.32. The standard InChI is InChI=1S/C14H11F3O2S/c1-2-19-13(18)6-5-11-7-9-3-4-10(14(15,16)17)8-12(9)20-11/h3-8H,2H2,1H3. The molecule has 0 saturated heterocycles. The van der Waals surface area contributed by atoms with Gasteiger partial charge in [0, 0.05) is 15.7 Å². The Balaban J connectivity index is 2.28. The fraction of sp³-hybridized carbons (Fsp3) is 0.214. The van der Waals surface area contributed by atoms with E-state index in [0.717, 1.165) is 12.1 Å². The molecule has 2 nitrogen and oxygen atoms in total. The number of alkyl halides is 3. The number of halogens is 3. The lowest BCUT2D eigenvalue weighted by Crippen LogP contribution is -2.03. The van der Waals surface area contributed by atoms with Gasteiger partial charge in [-0.2, -0.15) is 13.2 Å². The van der Waals surface area contributed by atoms with Crippen LogP contribution in [0.3, 0.4) is 0 Å². The summed E-state index contributed by atoms with van der Waals surface area (Å²) in [7, 11) is 0. The highest BCUT2D eigenvalue weighted by atomic mass is 32.1. The van der Waals surface area contributed by atoms with Gasteiger partial charge in [-0.3, -0.25) is 0 Å². The third-order valence-corrected chi connectivity index (χ3v) is 3.60. The summed E-state index contributed by atoms with van der Waals surface area (Å²) in [6.07, 6.45) is -1.55. The van der Waals surface area contributed by atoms with Crippen LogP contribution in [-0.4, -0.2) is 12.6 Å². The maximum atomic E-state index is 12.6.